The molecule has 2 rings (SSSR count). The van der Waals surface area contributed by atoms with Crippen molar-refractivity contribution >= 4 is 11.9 Å². The van der Waals surface area contributed by atoms with E-state index >= 15 is 0 Å². The molecule has 1 saturated heterocycles. The summed E-state index contributed by atoms with van der Waals surface area (Å²) < 4.78 is 31.7. The van der Waals surface area contributed by atoms with Gasteiger partial charge in [-0.3, -0.25) is 10.1 Å². The number of benzene rings is 1. The first kappa shape index (κ1) is 21.0. The zero-order valence-corrected chi connectivity index (χ0v) is 14.6. The Morgan fingerprint density at radius 2 is 1.68 bits per heavy atom. The lowest BCUT2D eigenvalue weighted by molar-refractivity contribution is -0.192. The number of carboxylic acids is 1. The molecule has 5 nitrogen and oxygen atoms in total. The zero-order valence-electron chi connectivity index (χ0n) is 14.6. The average Bonchev–Trinajstić information content (AvgIpc) is 2.76. The molecule has 0 radical (unpaired) electrons. The van der Waals surface area contributed by atoms with Crippen molar-refractivity contribution in [3.63, 3.8) is 0 Å². The van der Waals surface area contributed by atoms with Gasteiger partial charge < -0.3 is 10.0 Å². The first-order valence-electron chi connectivity index (χ1n) is 7.71. The molecule has 2 atom stereocenters. The maximum absolute atomic E-state index is 12.2. The molecule has 1 fully saturated rings. The number of hydrogen-bond donors (Lipinski definition) is 2. The fourth-order valence-electron chi connectivity index (χ4n) is 2.57. The predicted molar refractivity (Wildman–Crippen MR) is 86.8 cm³/mol. The Balaban J connectivity index is 0.000000381. The van der Waals surface area contributed by atoms with Crippen LogP contribution in [-0.4, -0.2) is 47.3 Å². The molecule has 0 spiro atoms. The second-order valence-corrected chi connectivity index (χ2v) is 6.93. The van der Waals surface area contributed by atoms with Crippen LogP contribution in [0.15, 0.2) is 30.3 Å². The predicted octanol–water partition coefficient (Wildman–Crippen LogP) is 2.66. The number of halogens is 3. The van der Waals surface area contributed by atoms with E-state index in [0.29, 0.717) is 0 Å². The topological polar surface area (TPSA) is 69.6 Å². The fraction of sp³-hybridized carbons (Fsp3) is 0.529. The molecule has 0 aromatic heterocycles. The van der Waals surface area contributed by atoms with E-state index < -0.39 is 12.1 Å². The average molecular weight is 360 g/mol. The Morgan fingerprint density at radius 3 is 2.04 bits per heavy atom. The number of aliphatic carboxylic acids is 1. The lowest BCUT2D eigenvalue weighted by Gasteiger charge is -2.32. The number of nitrogens with zero attached hydrogens (tertiary/aromatic N) is 1. The van der Waals surface area contributed by atoms with Crippen LogP contribution in [0.4, 0.5) is 13.2 Å². The van der Waals surface area contributed by atoms with Gasteiger partial charge in [-0.05, 0) is 17.4 Å². The number of carbonyl (C=O) groups is 2. The summed E-state index contributed by atoms with van der Waals surface area (Å²) in [4.78, 5) is 23.0. The number of amides is 1. The second kappa shape index (κ2) is 7.86. The minimum atomic E-state index is -5.08. The monoisotopic (exact) mass is 360 g/mol. The first-order valence-corrected chi connectivity index (χ1v) is 7.71. The van der Waals surface area contributed by atoms with Crippen molar-refractivity contribution in [1.29, 1.82) is 0 Å². The van der Waals surface area contributed by atoms with Crippen molar-refractivity contribution in [3.8, 4) is 0 Å². The van der Waals surface area contributed by atoms with E-state index in [0.717, 1.165) is 6.42 Å². The molecule has 1 aliphatic rings. The molecule has 1 aliphatic heterocycles. The molecular weight excluding hydrogens is 337 g/mol. The van der Waals surface area contributed by atoms with Crippen LogP contribution in [-0.2, 0) is 16.0 Å². The molecule has 25 heavy (non-hydrogen) atoms. The summed E-state index contributed by atoms with van der Waals surface area (Å²) >= 11 is 0. The Labute approximate surface area is 144 Å². The van der Waals surface area contributed by atoms with E-state index in [2.05, 4.69) is 38.2 Å². The molecule has 0 aliphatic carbocycles. The van der Waals surface area contributed by atoms with E-state index in [9.17, 15) is 18.0 Å². The summed E-state index contributed by atoms with van der Waals surface area (Å²) in [5.74, 6) is -2.56. The summed E-state index contributed by atoms with van der Waals surface area (Å²) in [6.07, 6.45) is -4.21. The van der Waals surface area contributed by atoms with Crippen LogP contribution in [0, 0.1) is 5.41 Å². The molecule has 1 aromatic carbocycles. The van der Waals surface area contributed by atoms with Gasteiger partial charge in [0, 0.05) is 7.05 Å². The van der Waals surface area contributed by atoms with Crippen molar-refractivity contribution < 1.29 is 27.9 Å². The van der Waals surface area contributed by atoms with E-state index in [4.69, 9.17) is 9.90 Å². The smallest absolute Gasteiger partial charge is 0.475 e. The van der Waals surface area contributed by atoms with Gasteiger partial charge in [-0.15, -0.1) is 0 Å². The highest BCUT2D eigenvalue weighted by Crippen LogP contribution is 2.27. The maximum Gasteiger partial charge on any atom is 0.490 e. The van der Waals surface area contributed by atoms with Gasteiger partial charge in [0.1, 0.15) is 0 Å². The summed E-state index contributed by atoms with van der Waals surface area (Å²) in [5.41, 5.74) is 1.25. The van der Waals surface area contributed by atoms with Crippen molar-refractivity contribution in [2.24, 2.45) is 5.41 Å². The van der Waals surface area contributed by atoms with E-state index in [1.165, 1.54) is 5.56 Å². The number of hydrogen-bond acceptors (Lipinski definition) is 3. The number of alkyl halides is 3. The summed E-state index contributed by atoms with van der Waals surface area (Å²) in [7, 11) is 1.89. The van der Waals surface area contributed by atoms with Crippen LogP contribution < -0.4 is 5.32 Å². The Morgan fingerprint density at radius 1 is 1.20 bits per heavy atom. The number of nitrogens with one attached hydrogen (secondary N) is 1. The van der Waals surface area contributed by atoms with Gasteiger partial charge in [0.05, 0.1) is 12.2 Å². The number of likely N-dealkylation sites (N-methyl/N-ethyl adjacent to an activating group) is 1. The molecule has 1 aromatic rings. The van der Waals surface area contributed by atoms with Crippen molar-refractivity contribution in [2.45, 2.75) is 45.6 Å². The number of rotatable bonds is 2. The van der Waals surface area contributed by atoms with Gasteiger partial charge in [0.25, 0.3) is 0 Å². The fourth-order valence-corrected chi connectivity index (χ4v) is 2.57. The molecular formula is C17H23F3N2O3. The van der Waals surface area contributed by atoms with Crippen molar-refractivity contribution in [1.82, 2.24) is 10.2 Å². The third-order valence-corrected chi connectivity index (χ3v) is 3.74. The van der Waals surface area contributed by atoms with Crippen LogP contribution in [0.3, 0.4) is 0 Å². The highest BCUT2D eigenvalue weighted by atomic mass is 19.4. The maximum atomic E-state index is 12.2. The molecule has 0 bridgehead atoms. The van der Waals surface area contributed by atoms with Gasteiger partial charge in [-0.2, -0.15) is 13.2 Å². The molecule has 2 N–H and O–H groups in total. The van der Waals surface area contributed by atoms with E-state index in [-0.39, 0.29) is 23.5 Å². The van der Waals surface area contributed by atoms with Crippen LogP contribution in [0.1, 0.15) is 26.3 Å². The quantitative estimate of drug-likeness (QED) is 0.851. The molecule has 140 valence electrons. The Hall–Kier alpha value is -2.09. The lowest BCUT2D eigenvalue weighted by atomic mass is 9.92. The largest absolute Gasteiger partial charge is 0.490 e. The third kappa shape index (κ3) is 6.04. The minimum absolute atomic E-state index is 0.0514. The molecule has 1 heterocycles. The molecule has 0 unspecified atom stereocenters. The van der Waals surface area contributed by atoms with E-state index in [1.54, 1.807) is 0 Å². The van der Waals surface area contributed by atoms with Crippen molar-refractivity contribution in [3.05, 3.63) is 35.9 Å². The first-order chi connectivity index (χ1) is 11.3. The van der Waals surface area contributed by atoms with Crippen LogP contribution in [0.25, 0.3) is 0 Å². The van der Waals surface area contributed by atoms with E-state index in [1.807, 2.05) is 30.1 Å². The van der Waals surface area contributed by atoms with Gasteiger partial charge >= 0.3 is 12.1 Å². The van der Waals surface area contributed by atoms with Crippen LogP contribution in [0.5, 0.6) is 0 Å². The van der Waals surface area contributed by atoms with Gasteiger partial charge in [-0.1, -0.05) is 51.1 Å². The van der Waals surface area contributed by atoms with Crippen molar-refractivity contribution in [2.75, 3.05) is 7.05 Å². The van der Waals surface area contributed by atoms with Gasteiger partial charge in [0.15, 0.2) is 0 Å². The molecule has 8 heteroatoms. The standard InChI is InChI=1S/C15H22N2O.C2HF3O2/c1-15(2,3)14-16-12(13(18)17(14)4)10-11-8-6-5-7-9-11;3-2(4,5)1(6)7/h5-9,12,14,16H,10H2,1-4H3;(H,6,7)/t12-,14-;/m0./s1. The summed E-state index contributed by atoms with van der Waals surface area (Å²) in [6, 6.07) is 10.1. The highest BCUT2D eigenvalue weighted by molar-refractivity contribution is 5.84. The van der Waals surface area contributed by atoms with Crippen LogP contribution in [0.2, 0.25) is 0 Å². The zero-order chi connectivity index (χ0) is 19.4. The van der Waals surface area contributed by atoms with Crippen LogP contribution >= 0.6 is 0 Å². The number of carboxylic acid groups (broad SMARTS) is 1. The molecule has 1 amide bonds. The Bertz CT molecular complexity index is 597. The third-order valence-electron chi connectivity index (χ3n) is 3.74. The highest BCUT2D eigenvalue weighted by Gasteiger charge is 2.42. The minimum Gasteiger partial charge on any atom is -0.475 e. The summed E-state index contributed by atoms with van der Waals surface area (Å²) in [5, 5.41) is 10.6. The number of carbonyl (C=O) groups excluding carboxylic acids is 1. The molecule has 0 saturated carbocycles. The van der Waals surface area contributed by atoms with Gasteiger partial charge in [0.2, 0.25) is 5.91 Å². The van der Waals surface area contributed by atoms with Gasteiger partial charge in [-0.25, -0.2) is 4.79 Å². The second-order valence-electron chi connectivity index (χ2n) is 6.93. The summed E-state index contributed by atoms with van der Waals surface area (Å²) in [6.45, 7) is 6.46. The lowest BCUT2D eigenvalue weighted by Crippen LogP contribution is -2.45. The normalized spacial score (nSPS) is 20.9. The Kier molecular flexibility index (Phi) is 6.59. The SMILES string of the molecule is CN1C(=O)[C@H](Cc2ccccc2)N[C@@H]1C(C)(C)C.O=C(O)C(F)(F)F.